The van der Waals surface area contributed by atoms with Crippen molar-refractivity contribution < 1.29 is 8.42 Å². The first-order valence-electron chi connectivity index (χ1n) is 6.09. The lowest BCUT2D eigenvalue weighted by Gasteiger charge is -2.17. The molecule has 2 aromatic rings. The van der Waals surface area contributed by atoms with Crippen molar-refractivity contribution >= 4 is 33.0 Å². The van der Waals surface area contributed by atoms with E-state index in [0.717, 1.165) is 16.0 Å². The van der Waals surface area contributed by atoms with Crippen LogP contribution in [0.1, 0.15) is 16.0 Å². The number of halogens is 1. The van der Waals surface area contributed by atoms with Gasteiger partial charge in [-0.05, 0) is 24.1 Å². The summed E-state index contributed by atoms with van der Waals surface area (Å²) in [5.74, 6) is 0.335. The molecule has 0 aliphatic carbocycles. The van der Waals surface area contributed by atoms with Gasteiger partial charge in [0.25, 0.3) is 0 Å². The topological polar surface area (TPSA) is 37.4 Å². The van der Waals surface area contributed by atoms with Gasteiger partial charge in [0.05, 0.1) is 10.8 Å². The molecule has 2 rings (SSSR count). The summed E-state index contributed by atoms with van der Waals surface area (Å²) in [6.45, 7) is 2.34. The molecule has 1 aromatic heterocycles. The number of thiophene rings is 1. The minimum atomic E-state index is -3.46. The maximum atomic E-state index is 12.5. The maximum Gasteiger partial charge on any atom is 0.243 e. The van der Waals surface area contributed by atoms with E-state index >= 15 is 0 Å². The molecular weight excluding hydrogens is 314 g/mol. The van der Waals surface area contributed by atoms with E-state index in [4.69, 9.17) is 11.6 Å². The van der Waals surface area contributed by atoms with Crippen molar-refractivity contribution in [1.82, 2.24) is 4.31 Å². The van der Waals surface area contributed by atoms with Gasteiger partial charge in [-0.1, -0.05) is 24.3 Å². The molecule has 6 heteroatoms. The predicted octanol–water partition coefficient (Wildman–Crippen LogP) is 3.62. The Balaban J connectivity index is 2.23. The van der Waals surface area contributed by atoms with Crippen LogP contribution in [0.5, 0.6) is 0 Å². The lowest BCUT2D eigenvalue weighted by Crippen LogP contribution is -2.26. The summed E-state index contributed by atoms with van der Waals surface area (Å²) < 4.78 is 26.3. The summed E-state index contributed by atoms with van der Waals surface area (Å²) in [7, 11) is -1.86. The number of alkyl halides is 1. The molecule has 1 aromatic carbocycles. The van der Waals surface area contributed by atoms with Gasteiger partial charge in [-0.25, -0.2) is 8.42 Å². The Morgan fingerprint density at radius 1 is 1.30 bits per heavy atom. The molecule has 0 atom stereocenters. The highest BCUT2D eigenvalue weighted by atomic mass is 35.5. The zero-order chi connectivity index (χ0) is 14.8. The van der Waals surface area contributed by atoms with Crippen LogP contribution in [-0.4, -0.2) is 19.8 Å². The van der Waals surface area contributed by atoms with Gasteiger partial charge in [-0.15, -0.1) is 22.9 Å². The number of benzene rings is 1. The second kappa shape index (κ2) is 6.26. The highest BCUT2D eigenvalue weighted by Gasteiger charge is 2.22. The Hall–Kier alpha value is -0.880. The number of hydrogen-bond acceptors (Lipinski definition) is 3. The molecule has 0 aliphatic heterocycles. The van der Waals surface area contributed by atoms with Crippen molar-refractivity contribution in [2.24, 2.45) is 0 Å². The number of nitrogens with zero attached hydrogens (tertiary/aromatic N) is 1. The van der Waals surface area contributed by atoms with Crippen LogP contribution < -0.4 is 0 Å². The third-order valence-electron chi connectivity index (χ3n) is 3.12. The molecular formula is C14H16ClNO2S2. The van der Waals surface area contributed by atoms with Crippen LogP contribution in [0.3, 0.4) is 0 Å². The SMILES string of the molecule is Cc1ccccc1CN(C)S(=O)(=O)c1csc(CCl)c1. The van der Waals surface area contributed by atoms with Crippen molar-refractivity contribution in [1.29, 1.82) is 0 Å². The first-order valence-corrected chi connectivity index (χ1v) is 8.95. The van der Waals surface area contributed by atoms with Crippen LogP contribution >= 0.6 is 22.9 Å². The molecule has 1 heterocycles. The molecule has 0 saturated carbocycles. The Morgan fingerprint density at radius 2 is 2.00 bits per heavy atom. The Bertz CT molecular complexity index is 695. The Labute approximate surface area is 128 Å². The zero-order valence-electron chi connectivity index (χ0n) is 11.3. The normalized spacial score (nSPS) is 12.0. The lowest BCUT2D eigenvalue weighted by molar-refractivity contribution is 0.466. The van der Waals surface area contributed by atoms with E-state index in [1.165, 1.54) is 15.6 Å². The van der Waals surface area contributed by atoms with Gasteiger partial charge in [0, 0.05) is 23.8 Å². The van der Waals surface area contributed by atoms with Crippen LogP contribution in [-0.2, 0) is 22.4 Å². The molecule has 0 unspecified atom stereocenters. The van der Waals surface area contributed by atoms with Gasteiger partial charge >= 0.3 is 0 Å². The fraction of sp³-hybridized carbons (Fsp3) is 0.286. The third kappa shape index (κ3) is 3.23. The number of sulfonamides is 1. The van der Waals surface area contributed by atoms with Crippen molar-refractivity contribution in [3.63, 3.8) is 0 Å². The fourth-order valence-corrected chi connectivity index (χ4v) is 4.38. The largest absolute Gasteiger partial charge is 0.243 e. The highest BCUT2D eigenvalue weighted by Crippen LogP contribution is 2.24. The number of rotatable bonds is 5. The van der Waals surface area contributed by atoms with Crippen molar-refractivity contribution in [3.8, 4) is 0 Å². The molecule has 0 saturated heterocycles. The summed E-state index contributed by atoms with van der Waals surface area (Å²) in [6, 6.07) is 9.42. The molecule has 0 amide bonds. The van der Waals surface area contributed by atoms with E-state index in [-0.39, 0.29) is 0 Å². The van der Waals surface area contributed by atoms with Crippen molar-refractivity contribution in [3.05, 3.63) is 51.7 Å². The smallest absolute Gasteiger partial charge is 0.207 e. The van der Waals surface area contributed by atoms with E-state index in [1.54, 1.807) is 18.5 Å². The minimum Gasteiger partial charge on any atom is -0.207 e. The van der Waals surface area contributed by atoms with Crippen LogP contribution in [0, 0.1) is 6.92 Å². The predicted molar refractivity (Wildman–Crippen MR) is 83.7 cm³/mol. The summed E-state index contributed by atoms with van der Waals surface area (Å²) in [4.78, 5) is 1.17. The van der Waals surface area contributed by atoms with E-state index in [2.05, 4.69) is 0 Å². The lowest BCUT2D eigenvalue weighted by atomic mass is 10.1. The van der Waals surface area contributed by atoms with E-state index < -0.39 is 10.0 Å². The van der Waals surface area contributed by atoms with Crippen LogP contribution in [0.25, 0.3) is 0 Å². The maximum absolute atomic E-state index is 12.5. The second-order valence-corrected chi connectivity index (χ2v) is 7.88. The fourth-order valence-electron chi connectivity index (χ4n) is 1.86. The summed E-state index contributed by atoms with van der Waals surface area (Å²) in [6.07, 6.45) is 0. The van der Waals surface area contributed by atoms with E-state index in [9.17, 15) is 8.42 Å². The Kier molecular flexibility index (Phi) is 4.86. The van der Waals surface area contributed by atoms with Gasteiger partial charge in [0.15, 0.2) is 0 Å². The van der Waals surface area contributed by atoms with Gasteiger partial charge in [-0.3, -0.25) is 0 Å². The average molecular weight is 330 g/mol. The van der Waals surface area contributed by atoms with E-state index in [0.29, 0.717) is 17.3 Å². The van der Waals surface area contributed by atoms with Gasteiger partial charge < -0.3 is 0 Å². The number of hydrogen-bond donors (Lipinski definition) is 0. The van der Waals surface area contributed by atoms with Crippen molar-refractivity contribution in [2.45, 2.75) is 24.2 Å². The molecule has 0 N–H and O–H groups in total. The first-order chi connectivity index (χ1) is 9.45. The summed E-state index contributed by atoms with van der Waals surface area (Å²) >= 11 is 7.09. The second-order valence-electron chi connectivity index (χ2n) is 4.57. The average Bonchev–Trinajstić information content (AvgIpc) is 2.90. The monoisotopic (exact) mass is 329 g/mol. The molecule has 0 bridgehead atoms. The summed E-state index contributed by atoms with van der Waals surface area (Å²) in [5, 5.41) is 1.64. The van der Waals surface area contributed by atoms with Crippen LogP contribution in [0.4, 0.5) is 0 Å². The van der Waals surface area contributed by atoms with Crippen LogP contribution in [0.2, 0.25) is 0 Å². The third-order valence-corrected chi connectivity index (χ3v) is 6.44. The first kappa shape index (κ1) is 15.5. The molecule has 0 aliphatic rings. The van der Waals surface area contributed by atoms with Crippen LogP contribution in [0.15, 0.2) is 40.6 Å². The van der Waals surface area contributed by atoms with E-state index in [1.807, 2.05) is 31.2 Å². The van der Waals surface area contributed by atoms with Gasteiger partial charge in [-0.2, -0.15) is 4.31 Å². The van der Waals surface area contributed by atoms with Gasteiger partial charge in [0.1, 0.15) is 0 Å². The Morgan fingerprint density at radius 3 is 2.60 bits per heavy atom. The standard InChI is InChI=1S/C14H16ClNO2S2/c1-11-5-3-4-6-12(11)9-16(2)20(17,18)14-7-13(8-15)19-10-14/h3-7,10H,8-9H2,1-2H3. The molecule has 0 fully saturated rings. The molecule has 108 valence electrons. The number of aryl methyl sites for hydroxylation is 1. The van der Waals surface area contributed by atoms with Gasteiger partial charge in [0.2, 0.25) is 10.0 Å². The quantitative estimate of drug-likeness (QED) is 0.786. The highest BCUT2D eigenvalue weighted by molar-refractivity contribution is 7.89. The molecule has 20 heavy (non-hydrogen) atoms. The minimum absolute atomic E-state index is 0.314. The molecule has 3 nitrogen and oxygen atoms in total. The molecule has 0 spiro atoms. The summed E-state index contributed by atoms with van der Waals surface area (Å²) in [5.41, 5.74) is 2.09. The van der Waals surface area contributed by atoms with Crippen molar-refractivity contribution in [2.75, 3.05) is 7.05 Å². The zero-order valence-corrected chi connectivity index (χ0v) is 13.7. The molecule has 0 radical (unpaired) electrons.